The molecule has 0 heterocycles. The van der Waals surface area contributed by atoms with Crippen LogP contribution in [-0.2, 0) is 14.0 Å². The molecule has 0 aliphatic rings. The van der Waals surface area contributed by atoms with E-state index in [1.807, 2.05) is 19.9 Å². The van der Waals surface area contributed by atoms with Gasteiger partial charge in [0.1, 0.15) is 5.60 Å². The molecule has 0 rings (SSSR count). The van der Waals surface area contributed by atoms with E-state index < -0.39 is 32.1 Å². The fourth-order valence-electron chi connectivity index (χ4n) is 2.48. The fourth-order valence-corrected chi connectivity index (χ4v) is 3.95. The van der Waals surface area contributed by atoms with Crippen molar-refractivity contribution >= 4 is 14.3 Å². The van der Waals surface area contributed by atoms with E-state index in [2.05, 4.69) is 40.4 Å². The van der Waals surface area contributed by atoms with Gasteiger partial charge in [0.2, 0.25) is 0 Å². The van der Waals surface area contributed by atoms with Crippen LogP contribution in [-0.4, -0.2) is 48.4 Å². The van der Waals surface area contributed by atoms with E-state index in [9.17, 15) is 15.0 Å². The number of carbonyl (C=O) groups is 1. The van der Waals surface area contributed by atoms with E-state index in [4.69, 9.17) is 9.16 Å². The number of hydrogen-bond donors (Lipinski definition) is 2. The van der Waals surface area contributed by atoms with Gasteiger partial charge in [0, 0.05) is 5.41 Å². The summed E-state index contributed by atoms with van der Waals surface area (Å²) in [7, 11) is -2.05. The smallest absolute Gasteiger partial charge is 0.308 e. The first kappa shape index (κ1) is 27.3. The van der Waals surface area contributed by atoms with Crippen LogP contribution in [0.3, 0.4) is 0 Å². The summed E-state index contributed by atoms with van der Waals surface area (Å²) in [6.07, 6.45) is 0.230. The van der Waals surface area contributed by atoms with E-state index in [-0.39, 0.29) is 29.4 Å². The highest BCUT2D eigenvalue weighted by atomic mass is 28.4. The van der Waals surface area contributed by atoms with Gasteiger partial charge in [0.25, 0.3) is 0 Å². The molecule has 0 fully saturated rings. The number of rotatable bonds is 10. The lowest BCUT2D eigenvalue weighted by molar-refractivity contribution is -0.157. The van der Waals surface area contributed by atoms with Gasteiger partial charge in [-0.3, -0.25) is 4.79 Å². The summed E-state index contributed by atoms with van der Waals surface area (Å²) in [4.78, 5) is 11.9. The highest BCUT2D eigenvalue weighted by Gasteiger charge is 2.42. The van der Waals surface area contributed by atoms with Crippen molar-refractivity contribution in [2.24, 2.45) is 5.41 Å². The Hall–Kier alpha value is -0.693. The highest BCUT2D eigenvalue weighted by molar-refractivity contribution is 6.74. The molecule has 0 aromatic carbocycles. The maximum absolute atomic E-state index is 11.9. The average Bonchev–Trinajstić information content (AvgIpc) is 2.42. The Morgan fingerprint density at radius 1 is 1.00 bits per heavy atom. The zero-order chi connectivity index (χ0) is 22.6. The molecule has 5 nitrogen and oxygen atoms in total. The Labute approximate surface area is 173 Å². The molecule has 0 aromatic heterocycles. The quantitative estimate of drug-likeness (QED) is 0.303. The summed E-state index contributed by atoms with van der Waals surface area (Å²) in [5, 5.41) is 20.8. The van der Waals surface area contributed by atoms with Gasteiger partial charge in [-0.15, -0.1) is 6.58 Å². The van der Waals surface area contributed by atoms with Gasteiger partial charge >= 0.3 is 5.97 Å². The third-order valence-electron chi connectivity index (χ3n) is 5.45. The second kappa shape index (κ2) is 9.87. The molecule has 28 heavy (non-hydrogen) atoms. The van der Waals surface area contributed by atoms with Crippen LogP contribution in [0, 0.1) is 5.41 Å². The Morgan fingerprint density at radius 3 is 1.89 bits per heavy atom. The van der Waals surface area contributed by atoms with E-state index in [1.54, 1.807) is 20.8 Å². The topological polar surface area (TPSA) is 76.0 Å². The minimum Gasteiger partial charge on any atom is -0.460 e. The molecular weight excluding hydrogens is 372 g/mol. The maximum atomic E-state index is 11.9. The Bertz CT molecular complexity index is 514. The molecule has 0 radical (unpaired) electrons. The molecule has 3 atom stereocenters. The summed E-state index contributed by atoms with van der Waals surface area (Å²) in [5.41, 5.74) is -0.919. The van der Waals surface area contributed by atoms with Crippen molar-refractivity contribution in [3.8, 4) is 0 Å². The van der Waals surface area contributed by atoms with Gasteiger partial charge in [-0.25, -0.2) is 0 Å². The summed E-state index contributed by atoms with van der Waals surface area (Å²) >= 11 is 0. The van der Waals surface area contributed by atoms with Gasteiger partial charge in [-0.2, -0.15) is 0 Å². The molecule has 0 aliphatic carbocycles. The lowest BCUT2D eigenvalue weighted by atomic mass is 9.83. The molecule has 0 aromatic rings. The average molecular weight is 417 g/mol. The van der Waals surface area contributed by atoms with Crippen molar-refractivity contribution in [3.63, 3.8) is 0 Å². The lowest BCUT2D eigenvalue weighted by Gasteiger charge is -2.44. The summed E-state index contributed by atoms with van der Waals surface area (Å²) < 4.78 is 11.8. The molecule has 166 valence electrons. The van der Waals surface area contributed by atoms with Crippen LogP contribution in [0.5, 0.6) is 0 Å². The lowest BCUT2D eigenvalue weighted by Crippen LogP contribution is -2.48. The van der Waals surface area contributed by atoms with Crippen LogP contribution in [0.25, 0.3) is 0 Å². The zero-order valence-corrected chi connectivity index (χ0v) is 20.8. The van der Waals surface area contributed by atoms with Crippen molar-refractivity contribution in [1.82, 2.24) is 0 Å². The van der Waals surface area contributed by atoms with E-state index >= 15 is 0 Å². The SMILES string of the molecule is C=CC(C)(C)[C@H](C[C@H](O)C[C@@H](O)CC(=O)OC(C)(C)C)O[Si](C)(C)C(C)(C)C. The Balaban J connectivity index is 5.05. The normalized spacial score (nSPS) is 17.0. The number of aliphatic hydroxyl groups is 2. The van der Waals surface area contributed by atoms with Gasteiger partial charge in [0.15, 0.2) is 8.32 Å². The van der Waals surface area contributed by atoms with E-state index in [0.717, 1.165) is 0 Å². The van der Waals surface area contributed by atoms with Crippen molar-refractivity contribution in [3.05, 3.63) is 12.7 Å². The highest BCUT2D eigenvalue weighted by Crippen LogP contribution is 2.41. The molecule has 6 heteroatoms. The number of carbonyl (C=O) groups excluding carboxylic acids is 1. The third-order valence-corrected chi connectivity index (χ3v) is 9.94. The second-order valence-electron chi connectivity index (χ2n) is 11.0. The molecule has 2 N–H and O–H groups in total. The predicted molar refractivity (Wildman–Crippen MR) is 118 cm³/mol. The number of aliphatic hydroxyl groups excluding tert-OH is 2. The minimum atomic E-state index is -2.05. The molecule has 0 aliphatic heterocycles. The van der Waals surface area contributed by atoms with Crippen molar-refractivity contribution < 1.29 is 24.2 Å². The third kappa shape index (κ3) is 9.68. The van der Waals surface area contributed by atoms with Crippen molar-refractivity contribution in [1.29, 1.82) is 0 Å². The van der Waals surface area contributed by atoms with Crippen molar-refractivity contribution in [2.45, 2.75) is 117 Å². The first-order valence-corrected chi connectivity index (χ1v) is 13.1. The van der Waals surface area contributed by atoms with E-state index in [0.29, 0.717) is 6.42 Å². The van der Waals surface area contributed by atoms with Gasteiger partial charge in [0.05, 0.1) is 24.7 Å². The van der Waals surface area contributed by atoms with Gasteiger partial charge < -0.3 is 19.4 Å². The summed E-state index contributed by atoms with van der Waals surface area (Å²) in [6, 6.07) is 0. The first-order chi connectivity index (χ1) is 12.3. The first-order valence-electron chi connectivity index (χ1n) is 10.2. The van der Waals surface area contributed by atoms with Crippen LogP contribution in [0.15, 0.2) is 12.7 Å². The standard InChI is InChI=1S/C22H44O5Si/c1-12-22(8,9)18(27-28(10,11)21(5,6)7)14-16(23)13-17(24)15-19(25)26-20(2,3)4/h12,16-18,23-24H,1,13-15H2,2-11H3/t16-,17-,18+/m1/s1. The monoisotopic (exact) mass is 416 g/mol. The van der Waals surface area contributed by atoms with Gasteiger partial charge in [-0.1, -0.05) is 40.7 Å². The molecule has 0 bridgehead atoms. The molecule has 0 amide bonds. The zero-order valence-electron chi connectivity index (χ0n) is 19.8. The molecular formula is C22H44O5Si. The Morgan fingerprint density at radius 2 is 1.50 bits per heavy atom. The molecule has 0 unspecified atom stereocenters. The van der Waals surface area contributed by atoms with Crippen LogP contribution in [0.4, 0.5) is 0 Å². The second-order valence-corrected chi connectivity index (χ2v) is 15.7. The Kier molecular flexibility index (Phi) is 9.63. The number of ether oxygens (including phenoxy) is 1. The molecule has 0 spiro atoms. The van der Waals surface area contributed by atoms with Crippen LogP contribution in [0.1, 0.15) is 74.7 Å². The van der Waals surface area contributed by atoms with E-state index in [1.165, 1.54) is 0 Å². The number of esters is 1. The van der Waals surface area contributed by atoms with Crippen LogP contribution in [0.2, 0.25) is 18.1 Å². The molecule has 0 saturated carbocycles. The number of hydrogen-bond acceptors (Lipinski definition) is 5. The van der Waals surface area contributed by atoms with Crippen LogP contribution >= 0.6 is 0 Å². The molecule has 0 saturated heterocycles. The summed E-state index contributed by atoms with van der Waals surface area (Å²) in [6.45, 7) is 24.3. The summed E-state index contributed by atoms with van der Waals surface area (Å²) in [5.74, 6) is -0.465. The van der Waals surface area contributed by atoms with Crippen molar-refractivity contribution in [2.75, 3.05) is 0 Å². The maximum Gasteiger partial charge on any atom is 0.308 e. The van der Waals surface area contributed by atoms with Crippen LogP contribution < -0.4 is 0 Å². The largest absolute Gasteiger partial charge is 0.460 e. The van der Waals surface area contributed by atoms with Gasteiger partial charge in [-0.05, 0) is 51.7 Å². The predicted octanol–water partition coefficient (Wildman–Crippen LogP) is 4.82. The fraction of sp³-hybridized carbons (Fsp3) is 0.864. The minimum absolute atomic E-state index is 0.0453.